The van der Waals surface area contributed by atoms with E-state index >= 15 is 0 Å². The molecular weight excluding hydrogens is 368 g/mol. The van der Waals surface area contributed by atoms with Crippen molar-refractivity contribution >= 4 is 35.1 Å². The molecule has 1 aromatic rings. The smallest absolute Gasteiger partial charge is 0.240 e. The van der Waals surface area contributed by atoms with Crippen LogP contribution in [0.15, 0.2) is 24.3 Å². The zero-order valence-corrected chi connectivity index (χ0v) is 16.3. The lowest BCUT2D eigenvalue weighted by Gasteiger charge is -2.35. The normalized spacial score (nSPS) is 25.8. The van der Waals surface area contributed by atoms with Crippen LogP contribution in [0.2, 0.25) is 5.02 Å². The number of hydrogen-bond donors (Lipinski definition) is 0. The summed E-state index contributed by atoms with van der Waals surface area (Å²) in [5.41, 5.74) is -0.785. The van der Waals surface area contributed by atoms with E-state index in [0.29, 0.717) is 23.7 Å². The van der Waals surface area contributed by atoms with Crippen LogP contribution in [0.1, 0.15) is 38.2 Å². The molecular formula is C20H23ClN2O4. The molecule has 2 fully saturated rings. The van der Waals surface area contributed by atoms with Gasteiger partial charge in [-0.15, -0.1) is 0 Å². The van der Waals surface area contributed by atoms with E-state index in [1.807, 2.05) is 0 Å². The summed E-state index contributed by atoms with van der Waals surface area (Å²) in [7, 11) is 1.43. The maximum atomic E-state index is 13.1. The lowest BCUT2D eigenvalue weighted by molar-refractivity contribution is -0.142. The van der Waals surface area contributed by atoms with Crippen molar-refractivity contribution in [1.29, 1.82) is 0 Å². The number of nitrogens with zero attached hydrogens (tertiary/aromatic N) is 2. The Morgan fingerprint density at radius 2 is 1.96 bits per heavy atom. The molecule has 1 aromatic carbocycles. The summed E-state index contributed by atoms with van der Waals surface area (Å²) in [5.74, 6) is -1.05. The van der Waals surface area contributed by atoms with Gasteiger partial charge in [-0.3, -0.25) is 24.1 Å². The van der Waals surface area contributed by atoms with Crippen molar-refractivity contribution in [3.05, 3.63) is 34.9 Å². The van der Waals surface area contributed by atoms with Crippen LogP contribution in [0, 0.1) is 5.92 Å². The summed E-state index contributed by atoms with van der Waals surface area (Å²) in [6.45, 7) is 2.46. The van der Waals surface area contributed by atoms with Crippen molar-refractivity contribution in [1.82, 2.24) is 9.80 Å². The summed E-state index contributed by atoms with van der Waals surface area (Å²) >= 11 is 6.34. The number of hydrogen-bond acceptors (Lipinski definition) is 4. The van der Waals surface area contributed by atoms with Gasteiger partial charge < -0.3 is 4.90 Å². The monoisotopic (exact) mass is 390 g/mol. The van der Waals surface area contributed by atoms with Crippen LogP contribution >= 0.6 is 11.6 Å². The number of halogens is 1. The highest BCUT2D eigenvalue weighted by atomic mass is 35.5. The molecule has 0 spiro atoms. The number of benzene rings is 1. The van der Waals surface area contributed by atoms with Gasteiger partial charge in [0, 0.05) is 43.9 Å². The molecule has 3 amide bonds. The second-order valence-electron chi connectivity index (χ2n) is 7.46. The fourth-order valence-electron chi connectivity index (χ4n) is 4.09. The quantitative estimate of drug-likeness (QED) is 0.738. The van der Waals surface area contributed by atoms with Gasteiger partial charge in [0.2, 0.25) is 17.7 Å². The highest BCUT2D eigenvalue weighted by Gasteiger charge is 2.53. The van der Waals surface area contributed by atoms with Gasteiger partial charge in [0.1, 0.15) is 5.78 Å². The Balaban J connectivity index is 1.92. The molecule has 2 atom stereocenters. The van der Waals surface area contributed by atoms with Crippen molar-refractivity contribution in [2.45, 2.75) is 38.0 Å². The van der Waals surface area contributed by atoms with Gasteiger partial charge in [0.05, 0.1) is 5.41 Å². The number of ketones is 1. The molecule has 2 aliphatic heterocycles. The standard InChI is InChI=1S/C20H23ClN2O4/c1-13(24)14-6-5-9-23(12-14)18(26)11-20(10-17(25)22(2)19(20)27)15-7-3-4-8-16(15)21/h3-4,7-8,14H,5-6,9-12H2,1-2H3. The van der Waals surface area contributed by atoms with Crippen molar-refractivity contribution < 1.29 is 19.2 Å². The molecule has 27 heavy (non-hydrogen) atoms. The second-order valence-corrected chi connectivity index (χ2v) is 7.87. The van der Waals surface area contributed by atoms with Crippen molar-refractivity contribution in [2.24, 2.45) is 5.92 Å². The lowest BCUT2D eigenvalue weighted by Crippen LogP contribution is -2.46. The Hall–Kier alpha value is -2.21. The summed E-state index contributed by atoms with van der Waals surface area (Å²) in [5, 5.41) is 0.363. The summed E-state index contributed by atoms with van der Waals surface area (Å²) in [4.78, 5) is 52.8. The molecule has 0 bridgehead atoms. The third kappa shape index (κ3) is 3.50. The van der Waals surface area contributed by atoms with Gasteiger partial charge >= 0.3 is 0 Å². The highest BCUT2D eigenvalue weighted by molar-refractivity contribution is 6.32. The predicted molar refractivity (Wildman–Crippen MR) is 100 cm³/mol. The van der Waals surface area contributed by atoms with Crippen LogP contribution < -0.4 is 0 Å². The molecule has 2 heterocycles. The number of carbonyl (C=O) groups excluding carboxylic acids is 4. The Morgan fingerprint density at radius 1 is 1.26 bits per heavy atom. The Bertz CT molecular complexity index is 809. The SMILES string of the molecule is CC(=O)C1CCCN(C(=O)CC2(c3ccccc3Cl)CC(=O)N(C)C2=O)C1. The first kappa shape index (κ1) is 19.5. The molecule has 144 valence electrons. The van der Waals surface area contributed by atoms with Crippen LogP contribution in [0.3, 0.4) is 0 Å². The predicted octanol–water partition coefficient (Wildman–Crippen LogP) is 2.18. The molecule has 3 rings (SSSR count). The van der Waals surface area contributed by atoms with E-state index in [9.17, 15) is 19.2 Å². The second kappa shape index (κ2) is 7.43. The molecule has 2 aliphatic rings. The van der Waals surface area contributed by atoms with Gasteiger partial charge in [0.25, 0.3) is 0 Å². The van der Waals surface area contributed by atoms with E-state index in [0.717, 1.165) is 17.7 Å². The third-order valence-corrected chi connectivity index (χ3v) is 6.06. The molecule has 0 saturated carbocycles. The number of carbonyl (C=O) groups is 4. The largest absolute Gasteiger partial charge is 0.342 e. The van der Waals surface area contributed by atoms with Gasteiger partial charge in [-0.2, -0.15) is 0 Å². The Morgan fingerprint density at radius 3 is 2.56 bits per heavy atom. The minimum Gasteiger partial charge on any atom is -0.342 e. The lowest BCUT2D eigenvalue weighted by atomic mass is 9.75. The summed E-state index contributed by atoms with van der Waals surface area (Å²) in [6.07, 6.45) is 1.31. The number of piperidine rings is 1. The number of rotatable bonds is 4. The molecule has 6 nitrogen and oxygen atoms in total. The van der Waals surface area contributed by atoms with Crippen molar-refractivity contribution in [3.8, 4) is 0 Å². The highest BCUT2D eigenvalue weighted by Crippen LogP contribution is 2.42. The molecule has 0 N–H and O–H groups in total. The van der Waals surface area contributed by atoms with Crippen molar-refractivity contribution in [3.63, 3.8) is 0 Å². The molecule has 2 unspecified atom stereocenters. The third-order valence-electron chi connectivity index (χ3n) is 5.73. The average Bonchev–Trinajstić information content (AvgIpc) is 2.86. The summed E-state index contributed by atoms with van der Waals surface area (Å²) in [6, 6.07) is 6.85. The fourth-order valence-corrected chi connectivity index (χ4v) is 4.40. The number of likely N-dealkylation sites (N-methyl/N-ethyl adjacent to an activating group) is 1. The van der Waals surface area contributed by atoms with Gasteiger partial charge in [-0.1, -0.05) is 29.8 Å². The minimum absolute atomic E-state index is 0.0696. The number of imide groups is 1. The van der Waals surface area contributed by atoms with E-state index in [2.05, 4.69) is 0 Å². The van der Waals surface area contributed by atoms with Crippen LogP contribution in [-0.2, 0) is 24.6 Å². The fraction of sp³-hybridized carbons (Fsp3) is 0.500. The number of amides is 3. The van der Waals surface area contributed by atoms with E-state index in [1.54, 1.807) is 29.2 Å². The van der Waals surface area contributed by atoms with Crippen LogP contribution in [0.5, 0.6) is 0 Å². The first-order valence-corrected chi connectivity index (χ1v) is 9.48. The van der Waals surface area contributed by atoms with Crippen LogP contribution in [0.4, 0.5) is 0 Å². The van der Waals surface area contributed by atoms with E-state index in [4.69, 9.17) is 11.6 Å². The van der Waals surface area contributed by atoms with E-state index in [1.165, 1.54) is 14.0 Å². The van der Waals surface area contributed by atoms with E-state index in [-0.39, 0.29) is 36.4 Å². The number of likely N-dealkylation sites (tertiary alicyclic amines) is 2. The zero-order valence-electron chi connectivity index (χ0n) is 15.5. The molecule has 2 saturated heterocycles. The first-order chi connectivity index (χ1) is 12.8. The zero-order chi connectivity index (χ0) is 19.8. The van der Waals surface area contributed by atoms with E-state index < -0.39 is 11.3 Å². The first-order valence-electron chi connectivity index (χ1n) is 9.10. The van der Waals surface area contributed by atoms with Crippen LogP contribution in [0.25, 0.3) is 0 Å². The molecule has 0 aromatic heterocycles. The maximum absolute atomic E-state index is 13.1. The Labute approximate surface area is 163 Å². The van der Waals surface area contributed by atoms with Gasteiger partial charge in [-0.05, 0) is 31.4 Å². The summed E-state index contributed by atoms with van der Waals surface area (Å²) < 4.78 is 0. The Kier molecular flexibility index (Phi) is 5.38. The molecule has 7 heteroatoms. The maximum Gasteiger partial charge on any atom is 0.240 e. The average molecular weight is 391 g/mol. The van der Waals surface area contributed by atoms with Crippen molar-refractivity contribution in [2.75, 3.05) is 20.1 Å². The molecule has 0 aliphatic carbocycles. The van der Waals surface area contributed by atoms with Crippen LogP contribution in [-0.4, -0.2) is 53.4 Å². The minimum atomic E-state index is -1.29. The number of Topliss-reactive ketones (excluding diaryl/α,β-unsaturated/α-hetero) is 1. The molecule has 0 radical (unpaired) electrons. The topological polar surface area (TPSA) is 74.8 Å². The van der Waals surface area contributed by atoms with Gasteiger partial charge in [-0.25, -0.2) is 0 Å². The van der Waals surface area contributed by atoms with Gasteiger partial charge in [0.15, 0.2) is 0 Å².